The summed E-state index contributed by atoms with van der Waals surface area (Å²) in [6, 6.07) is 0. The summed E-state index contributed by atoms with van der Waals surface area (Å²) in [5, 5.41) is 7.89. The van der Waals surface area contributed by atoms with Gasteiger partial charge < -0.3 is 10.2 Å². The Bertz CT molecular complexity index is 728. The zero-order valence-electron chi connectivity index (χ0n) is 18.0. The number of piperidine rings is 1. The van der Waals surface area contributed by atoms with E-state index in [1.54, 1.807) is 0 Å². The van der Waals surface area contributed by atoms with E-state index in [2.05, 4.69) is 24.3 Å². The van der Waals surface area contributed by atoms with Gasteiger partial charge in [-0.25, -0.2) is 0 Å². The van der Waals surface area contributed by atoms with E-state index in [0.717, 1.165) is 76.6 Å². The third-order valence-electron chi connectivity index (χ3n) is 9.62. The standard InChI is InChI=1S/C24H36N2O3/c1-23-9-5-15(26-29-16-7-11-25-12-8-16)13-20(23)21(27)14-17-18-3-4-22(28)24(18,2)10-6-19(17)23/h16-20,25H,3-14H2,1-2H3/b26-15+/t17-,18-,19-,20?,23+,24-/m0/s1. The first-order valence-electron chi connectivity index (χ1n) is 11.9. The molecule has 1 N–H and O–H groups in total. The third kappa shape index (κ3) is 3.10. The predicted octanol–water partition coefficient (Wildman–Crippen LogP) is 3.90. The highest BCUT2D eigenvalue weighted by Gasteiger charge is 2.62. The van der Waals surface area contributed by atoms with Crippen molar-refractivity contribution in [1.82, 2.24) is 5.32 Å². The minimum atomic E-state index is -0.158. The molecule has 5 aliphatic rings. The minimum Gasteiger partial charge on any atom is -0.392 e. The average Bonchev–Trinajstić information content (AvgIpc) is 3.03. The average molecular weight is 401 g/mol. The number of nitrogens with one attached hydrogen (secondary N) is 1. The zero-order chi connectivity index (χ0) is 20.2. The van der Waals surface area contributed by atoms with Crippen molar-refractivity contribution in [3.05, 3.63) is 0 Å². The number of carbonyl (C=O) groups is 2. The molecule has 1 heterocycles. The summed E-state index contributed by atoms with van der Waals surface area (Å²) in [7, 11) is 0. The molecule has 4 aliphatic carbocycles. The summed E-state index contributed by atoms with van der Waals surface area (Å²) in [6.45, 7) is 6.56. The maximum Gasteiger partial charge on any atom is 0.139 e. The van der Waals surface area contributed by atoms with Crippen molar-refractivity contribution in [2.24, 2.45) is 39.7 Å². The number of ketones is 2. The normalized spacial score (nSPS) is 46.9. The van der Waals surface area contributed by atoms with Gasteiger partial charge in [0.25, 0.3) is 0 Å². The van der Waals surface area contributed by atoms with Crippen LogP contribution < -0.4 is 5.32 Å². The second kappa shape index (κ2) is 7.18. The van der Waals surface area contributed by atoms with Crippen LogP contribution in [0.4, 0.5) is 0 Å². The lowest BCUT2D eigenvalue weighted by molar-refractivity contribution is -0.152. The molecule has 29 heavy (non-hydrogen) atoms. The van der Waals surface area contributed by atoms with Crippen molar-refractivity contribution >= 4 is 17.3 Å². The van der Waals surface area contributed by atoms with Crippen molar-refractivity contribution in [3.8, 4) is 0 Å². The summed E-state index contributed by atoms with van der Waals surface area (Å²) in [6.07, 6.45) is 9.57. The van der Waals surface area contributed by atoms with Crippen molar-refractivity contribution in [1.29, 1.82) is 0 Å². The van der Waals surface area contributed by atoms with Crippen molar-refractivity contribution in [3.63, 3.8) is 0 Å². The Labute approximate surface area is 174 Å². The first-order chi connectivity index (χ1) is 13.9. The Hall–Kier alpha value is -1.23. The molecule has 0 bridgehead atoms. The summed E-state index contributed by atoms with van der Waals surface area (Å²) in [5.41, 5.74) is 1.00. The number of nitrogens with zero attached hydrogens (tertiary/aromatic N) is 1. The molecule has 160 valence electrons. The molecule has 0 aromatic rings. The van der Waals surface area contributed by atoms with E-state index in [9.17, 15) is 9.59 Å². The molecule has 0 spiro atoms. The van der Waals surface area contributed by atoms with Gasteiger partial charge in [-0.3, -0.25) is 9.59 Å². The maximum atomic E-state index is 13.3. The van der Waals surface area contributed by atoms with Gasteiger partial charge in [0.05, 0.1) is 5.71 Å². The van der Waals surface area contributed by atoms with E-state index in [4.69, 9.17) is 4.84 Å². The van der Waals surface area contributed by atoms with Gasteiger partial charge in [-0.15, -0.1) is 0 Å². The van der Waals surface area contributed by atoms with Gasteiger partial charge >= 0.3 is 0 Å². The molecule has 5 heteroatoms. The SMILES string of the molecule is C[C@]12CC/C(=N\OC3CCNCC3)CC1C(=O)C[C@@H]1[C@@H]2CC[C@]2(C)C(=O)CC[C@@H]12. The van der Waals surface area contributed by atoms with Crippen LogP contribution in [0.25, 0.3) is 0 Å². The Balaban J connectivity index is 1.32. The van der Waals surface area contributed by atoms with Gasteiger partial charge in [-0.1, -0.05) is 19.0 Å². The van der Waals surface area contributed by atoms with Crippen LogP contribution in [0, 0.1) is 34.5 Å². The lowest BCUT2D eigenvalue weighted by atomic mass is 9.45. The second-order valence-electron chi connectivity index (χ2n) is 10.9. The fourth-order valence-corrected chi connectivity index (χ4v) is 7.75. The van der Waals surface area contributed by atoms with E-state index in [-0.39, 0.29) is 22.9 Å². The monoisotopic (exact) mass is 400 g/mol. The van der Waals surface area contributed by atoms with Gasteiger partial charge in [0.2, 0.25) is 0 Å². The molecular formula is C24H36N2O3. The Morgan fingerprint density at radius 2 is 1.76 bits per heavy atom. The van der Waals surface area contributed by atoms with Crippen molar-refractivity contribution in [2.75, 3.05) is 13.1 Å². The topological polar surface area (TPSA) is 67.8 Å². The number of hydrogen-bond acceptors (Lipinski definition) is 5. The first kappa shape index (κ1) is 19.7. The molecule has 4 saturated carbocycles. The Morgan fingerprint density at radius 1 is 0.966 bits per heavy atom. The van der Waals surface area contributed by atoms with Crippen LogP contribution in [0.1, 0.15) is 78.1 Å². The molecule has 0 amide bonds. The maximum absolute atomic E-state index is 13.3. The number of carbonyl (C=O) groups excluding carboxylic acids is 2. The molecule has 5 rings (SSSR count). The molecular weight excluding hydrogens is 364 g/mol. The van der Waals surface area contributed by atoms with Gasteiger partial charge in [0.1, 0.15) is 17.7 Å². The fraction of sp³-hybridized carbons (Fsp3) is 0.875. The van der Waals surface area contributed by atoms with Gasteiger partial charge in [-0.2, -0.15) is 0 Å². The largest absolute Gasteiger partial charge is 0.392 e. The van der Waals surface area contributed by atoms with Crippen molar-refractivity contribution < 1.29 is 14.4 Å². The summed E-state index contributed by atoms with van der Waals surface area (Å²) in [4.78, 5) is 31.8. The number of Topliss-reactive ketones (excluding diaryl/α,β-unsaturated/α-hetero) is 2. The van der Waals surface area contributed by atoms with Crippen LogP contribution in [0.5, 0.6) is 0 Å². The number of oxime groups is 1. The van der Waals surface area contributed by atoms with E-state index in [1.807, 2.05) is 0 Å². The van der Waals surface area contributed by atoms with Crippen LogP contribution in [0.3, 0.4) is 0 Å². The number of rotatable bonds is 2. The lowest BCUT2D eigenvalue weighted by Crippen LogP contribution is -2.56. The van der Waals surface area contributed by atoms with Gasteiger partial charge in [0.15, 0.2) is 0 Å². The minimum absolute atomic E-state index is 0.0702. The van der Waals surface area contributed by atoms with Crippen LogP contribution >= 0.6 is 0 Å². The highest BCUT2D eigenvalue weighted by Crippen LogP contribution is 2.64. The van der Waals surface area contributed by atoms with E-state index in [1.165, 1.54) is 0 Å². The molecule has 0 radical (unpaired) electrons. The van der Waals surface area contributed by atoms with Crippen LogP contribution in [0.2, 0.25) is 0 Å². The molecule has 1 saturated heterocycles. The number of hydrogen-bond donors (Lipinski definition) is 1. The summed E-state index contributed by atoms with van der Waals surface area (Å²) >= 11 is 0. The fourth-order valence-electron chi connectivity index (χ4n) is 7.75. The molecule has 1 unspecified atom stereocenters. The smallest absolute Gasteiger partial charge is 0.139 e. The van der Waals surface area contributed by atoms with Crippen molar-refractivity contribution in [2.45, 2.75) is 84.2 Å². The molecule has 0 aromatic carbocycles. The van der Waals surface area contributed by atoms with E-state index < -0.39 is 0 Å². The van der Waals surface area contributed by atoms with Crippen LogP contribution in [-0.4, -0.2) is 36.5 Å². The first-order valence-corrected chi connectivity index (χ1v) is 11.9. The lowest BCUT2D eigenvalue weighted by Gasteiger charge is -2.58. The van der Waals surface area contributed by atoms with Gasteiger partial charge in [0, 0.05) is 24.2 Å². The van der Waals surface area contributed by atoms with E-state index in [0.29, 0.717) is 35.7 Å². The molecule has 0 aromatic heterocycles. The molecule has 6 atom stereocenters. The predicted molar refractivity (Wildman–Crippen MR) is 112 cm³/mol. The van der Waals surface area contributed by atoms with Crippen LogP contribution in [-0.2, 0) is 14.4 Å². The summed E-state index contributed by atoms with van der Waals surface area (Å²) < 4.78 is 0. The second-order valence-corrected chi connectivity index (χ2v) is 10.9. The van der Waals surface area contributed by atoms with E-state index >= 15 is 0 Å². The number of fused-ring (bicyclic) bond motifs is 5. The highest BCUT2D eigenvalue weighted by molar-refractivity contribution is 5.93. The quantitative estimate of drug-likeness (QED) is 0.714. The molecule has 5 fully saturated rings. The summed E-state index contributed by atoms with van der Waals surface area (Å²) in [5.74, 6) is 2.39. The Morgan fingerprint density at radius 3 is 2.55 bits per heavy atom. The third-order valence-corrected chi connectivity index (χ3v) is 9.62. The highest BCUT2D eigenvalue weighted by atomic mass is 16.6. The molecule has 5 nitrogen and oxygen atoms in total. The van der Waals surface area contributed by atoms with Crippen LogP contribution in [0.15, 0.2) is 5.16 Å². The Kier molecular flexibility index (Phi) is 4.88. The molecule has 1 aliphatic heterocycles. The van der Waals surface area contributed by atoms with Gasteiger partial charge in [-0.05, 0) is 87.6 Å². The zero-order valence-corrected chi connectivity index (χ0v) is 18.0.